The number of hydrogen-bond acceptors (Lipinski definition) is 3. The first kappa shape index (κ1) is 15.3. The summed E-state index contributed by atoms with van der Waals surface area (Å²) >= 11 is 17.2. The molecule has 0 saturated carbocycles. The maximum absolute atomic E-state index is 12.1. The molecule has 0 radical (unpaired) electrons. The molecule has 0 amide bonds. The van der Waals surface area contributed by atoms with E-state index in [0.717, 1.165) is 6.08 Å². The van der Waals surface area contributed by atoms with Crippen LogP contribution in [0.2, 0.25) is 10.0 Å². The molecular weight excluding hydrogens is 345 g/mol. The zero-order valence-corrected chi connectivity index (χ0v) is 12.8. The second-order valence-corrected chi connectivity index (χ2v) is 6.58. The van der Waals surface area contributed by atoms with Crippen LogP contribution >= 0.6 is 34.8 Å². The van der Waals surface area contributed by atoms with Crippen molar-refractivity contribution in [3.63, 3.8) is 0 Å². The number of carbonyl (C=O) groups is 1. The maximum atomic E-state index is 12.1. The molecular formula is C12H6Cl3NO3S. The van der Waals surface area contributed by atoms with Crippen molar-refractivity contribution >= 4 is 56.3 Å². The zero-order valence-electron chi connectivity index (χ0n) is 9.68. The maximum Gasteiger partial charge on any atom is 0.284 e. The van der Waals surface area contributed by atoms with Crippen LogP contribution in [0.1, 0.15) is 0 Å². The summed E-state index contributed by atoms with van der Waals surface area (Å²) in [7, 11) is -4.05. The van der Waals surface area contributed by atoms with Crippen molar-refractivity contribution in [2.75, 3.05) is 0 Å². The van der Waals surface area contributed by atoms with Crippen LogP contribution in [-0.2, 0) is 14.8 Å². The van der Waals surface area contributed by atoms with Gasteiger partial charge in [-0.25, -0.2) is 0 Å². The molecule has 1 aromatic carbocycles. The van der Waals surface area contributed by atoms with Gasteiger partial charge in [-0.1, -0.05) is 34.8 Å². The van der Waals surface area contributed by atoms with E-state index in [1.807, 2.05) is 0 Å². The third-order valence-corrected chi connectivity index (χ3v) is 4.63. The van der Waals surface area contributed by atoms with E-state index >= 15 is 0 Å². The number of rotatable bonds is 2. The van der Waals surface area contributed by atoms with Crippen LogP contribution in [0, 0.1) is 0 Å². The largest absolute Gasteiger partial charge is 0.288 e. The molecule has 8 heteroatoms. The number of nitrogens with zero attached hydrogens (tertiary/aromatic N) is 1. The van der Waals surface area contributed by atoms with Gasteiger partial charge in [-0.05, 0) is 36.4 Å². The Morgan fingerprint density at radius 3 is 2.40 bits per heavy atom. The molecule has 1 aliphatic rings. The van der Waals surface area contributed by atoms with E-state index in [9.17, 15) is 13.2 Å². The molecule has 0 heterocycles. The average Bonchev–Trinajstić information content (AvgIpc) is 2.36. The van der Waals surface area contributed by atoms with E-state index in [1.165, 1.54) is 30.4 Å². The van der Waals surface area contributed by atoms with E-state index in [1.54, 1.807) is 0 Å². The fourth-order valence-corrected chi connectivity index (χ4v) is 3.31. The van der Waals surface area contributed by atoms with Crippen LogP contribution in [0.25, 0.3) is 0 Å². The van der Waals surface area contributed by atoms with Gasteiger partial charge in [0.2, 0.25) is 0 Å². The Balaban J connectivity index is 2.50. The van der Waals surface area contributed by atoms with Crippen LogP contribution < -0.4 is 0 Å². The van der Waals surface area contributed by atoms with Crippen molar-refractivity contribution in [1.82, 2.24) is 0 Å². The smallest absolute Gasteiger partial charge is 0.284 e. The van der Waals surface area contributed by atoms with Gasteiger partial charge in [-0.3, -0.25) is 4.79 Å². The minimum absolute atomic E-state index is 0.00434. The zero-order chi connectivity index (χ0) is 14.9. The van der Waals surface area contributed by atoms with Crippen molar-refractivity contribution in [1.29, 1.82) is 0 Å². The highest BCUT2D eigenvalue weighted by atomic mass is 35.5. The first-order valence-electron chi connectivity index (χ1n) is 5.19. The normalized spacial score (nSPS) is 17.4. The molecule has 0 aromatic heterocycles. The van der Waals surface area contributed by atoms with Crippen LogP contribution in [0.3, 0.4) is 0 Å². The number of hydrogen-bond donors (Lipinski definition) is 0. The number of allylic oxidation sites excluding steroid dienone is 4. The lowest BCUT2D eigenvalue weighted by molar-refractivity contribution is -0.110. The summed E-state index contributed by atoms with van der Waals surface area (Å²) in [5, 5.41) is 0.111. The molecule has 0 spiro atoms. The van der Waals surface area contributed by atoms with Gasteiger partial charge in [0.05, 0.1) is 15.8 Å². The van der Waals surface area contributed by atoms with Gasteiger partial charge in [-0.15, -0.1) is 0 Å². The molecule has 104 valence electrons. The highest BCUT2D eigenvalue weighted by molar-refractivity contribution is 7.90. The van der Waals surface area contributed by atoms with Gasteiger partial charge in [0.1, 0.15) is 4.90 Å². The molecule has 0 atom stereocenters. The highest BCUT2D eigenvalue weighted by Crippen LogP contribution is 2.27. The number of carbonyl (C=O) groups excluding carboxylic acids is 1. The standard InChI is InChI=1S/C12H6Cl3NO3S/c13-7-1-3-9(14)12(5-7)20(18,19)16-8-2-4-11(17)10(15)6-8/h1-6H. The molecule has 1 aliphatic carbocycles. The third kappa shape index (κ3) is 3.30. The van der Waals surface area contributed by atoms with E-state index in [0.29, 0.717) is 0 Å². The molecule has 2 rings (SSSR count). The molecule has 20 heavy (non-hydrogen) atoms. The van der Waals surface area contributed by atoms with Crippen LogP contribution in [0.4, 0.5) is 0 Å². The Labute approximate surface area is 130 Å². The summed E-state index contributed by atoms with van der Waals surface area (Å²) in [6, 6.07) is 4.03. The fourth-order valence-electron chi connectivity index (χ4n) is 1.41. The monoisotopic (exact) mass is 349 g/mol. The number of benzene rings is 1. The van der Waals surface area contributed by atoms with Gasteiger partial charge >= 0.3 is 0 Å². The minimum Gasteiger partial charge on any atom is -0.288 e. The van der Waals surface area contributed by atoms with Gasteiger partial charge in [0.15, 0.2) is 5.78 Å². The Hall–Kier alpha value is -1.14. The SMILES string of the molecule is O=C1C=CC(=NS(=O)(=O)c2cc(Cl)ccc2Cl)C=C1Cl. The number of ketones is 1. The second-order valence-electron chi connectivity index (χ2n) is 3.76. The summed E-state index contributed by atoms with van der Waals surface area (Å²) in [4.78, 5) is 10.9. The first-order valence-corrected chi connectivity index (χ1v) is 7.76. The van der Waals surface area contributed by atoms with E-state index in [2.05, 4.69) is 4.40 Å². The Kier molecular flexibility index (Phi) is 4.34. The van der Waals surface area contributed by atoms with Gasteiger partial charge in [0.25, 0.3) is 10.0 Å². The lowest BCUT2D eigenvalue weighted by Crippen LogP contribution is -2.07. The molecule has 0 aliphatic heterocycles. The average molecular weight is 351 g/mol. The summed E-state index contributed by atoms with van der Waals surface area (Å²) in [6.45, 7) is 0. The predicted octanol–water partition coefficient (Wildman–Crippen LogP) is 3.38. The summed E-state index contributed by atoms with van der Waals surface area (Å²) in [6.07, 6.45) is 3.56. The highest BCUT2D eigenvalue weighted by Gasteiger charge is 2.19. The van der Waals surface area contributed by atoms with Crippen molar-refractivity contribution in [3.8, 4) is 0 Å². The Morgan fingerprint density at radius 2 is 1.75 bits per heavy atom. The minimum atomic E-state index is -4.05. The first-order chi connectivity index (χ1) is 9.29. The molecule has 0 saturated heterocycles. The Morgan fingerprint density at radius 1 is 1.05 bits per heavy atom. The third-order valence-electron chi connectivity index (χ3n) is 2.31. The van der Waals surface area contributed by atoms with Gasteiger partial charge < -0.3 is 0 Å². The van der Waals surface area contributed by atoms with E-state index in [4.69, 9.17) is 34.8 Å². The van der Waals surface area contributed by atoms with Gasteiger partial charge in [-0.2, -0.15) is 12.8 Å². The molecule has 1 aromatic rings. The lowest BCUT2D eigenvalue weighted by Gasteiger charge is -2.05. The van der Waals surface area contributed by atoms with Crippen molar-refractivity contribution in [2.45, 2.75) is 4.90 Å². The fraction of sp³-hybridized carbons (Fsp3) is 0. The van der Waals surface area contributed by atoms with Crippen LogP contribution in [0.15, 0.2) is 50.8 Å². The van der Waals surface area contributed by atoms with Crippen molar-refractivity contribution < 1.29 is 13.2 Å². The van der Waals surface area contributed by atoms with E-state index < -0.39 is 15.8 Å². The van der Waals surface area contributed by atoms with Crippen LogP contribution in [0.5, 0.6) is 0 Å². The lowest BCUT2D eigenvalue weighted by atomic mass is 10.2. The van der Waals surface area contributed by atoms with Crippen molar-refractivity contribution in [2.24, 2.45) is 4.40 Å². The topological polar surface area (TPSA) is 63.6 Å². The molecule has 0 N–H and O–H groups in total. The van der Waals surface area contributed by atoms with Gasteiger partial charge in [0, 0.05) is 5.02 Å². The molecule has 0 unspecified atom stereocenters. The van der Waals surface area contributed by atoms with E-state index in [-0.39, 0.29) is 25.7 Å². The quantitative estimate of drug-likeness (QED) is 0.768. The number of halogens is 3. The summed E-state index contributed by atoms with van der Waals surface area (Å²) < 4.78 is 27.9. The molecule has 0 fully saturated rings. The summed E-state index contributed by atoms with van der Waals surface area (Å²) in [5.41, 5.74) is 0.0330. The molecule has 4 nitrogen and oxygen atoms in total. The number of sulfonamides is 1. The second kappa shape index (κ2) is 5.69. The Bertz CT molecular complexity index is 779. The van der Waals surface area contributed by atoms with Crippen LogP contribution in [-0.4, -0.2) is 19.9 Å². The summed E-state index contributed by atoms with van der Waals surface area (Å²) in [5.74, 6) is -0.413. The predicted molar refractivity (Wildman–Crippen MR) is 79.2 cm³/mol. The molecule has 0 bridgehead atoms. The van der Waals surface area contributed by atoms with Crippen molar-refractivity contribution in [3.05, 3.63) is 51.5 Å².